The van der Waals surface area contributed by atoms with Gasteiger partial charge < -0.3 is 0 Å². The zero-order chi connectivity index (χ0) is 21.8. The van der Waals surface area contributed by atoms with Gasteiger partial charge >= 0.3 is 0 Å². The van der Waals surface area contributed by atoms with Gasteiger partial charge in [-0.25, -0.2) is 0 Å². The van der Waals surface area contributed by atoms with Gasteiger partial charge in [-0.15, -0.1) is 10.2 Å². The summed E-state index contributed by atoms with van der Waals surface area (Å²) in [4.78, 5) is 12.6. The predicted molar refractivity (Wildman–Crippen MR) is 124 cm³/mol. The average Bonchev–Trinajstić information content (AvgIpc) is 3.43. The van der Waals surface area contributed by atoms with Crippen LogP contribution in [0.3, 0.4) is 0 Å². The van der Waals surface area contributed by atoms with E-state index in [9.17, 15) is 4.79 Å². The van der Waals surface area contributed by atoms with E-state index >= 15 is 0 Å². The first-order valence-electron chi connectivity index (χ1n) is 10.2. The first-order chi connectivity index (χ1) is 15.8. The molecule has 0 saturated carbocycles. The lowest BCUT2D eigenvalue weighted by atomic mass is 10.1. The summed E-state index contributed by atoms with van der Waals surface area (Å²) < 4.78 is 3.61. The number of hydrogen-bond acceptors (Lipinski definition) is 4. The SMILES string of the molecule is O=C(/C=C/c1cn(Cc2ccccc2)nc1-c1ccccc1)Nc1nnc2ccccn12. The van der Waals surface area contributed by atoms with Gasteiger partial charge in [0.2, 0.25) is 5.95 Å². The third-order valence-electron chi connectivity index (χ3n) is 4.99. The van der Waals surface area contributed by atoms with Crippen LogP contribution in [0.15, 0.2) is 97.3 Å². The molecule has 7 heteroatoms. The fourth-order valence-electron chi connectivity index (χ4n) is 3.47. The maximum Gasteiger partial charge on any atom is 0.250 e. The third-order valence-corrected chi connectivity index (χ3v) is 4.99. The van der Waals surface area contributed by atoms with Crippen molar-refractivity contribution in [2.75, 3.05) is 5.32 Å². The van der Waals surface area contributed by atoms with Crippen LogP contribution < -0.4 is 5.32 Å². The molecule has 7 nitrogen and oxygen atoms in total. The molecular formula is C25H20N6O. The van der Waals surface area contributed by atoms with E-state index in [4.69, 9.17) is 5.10 Å². The van der Waals surface area contributed by atoms with Gasteiger partial charge in [-0.2, -0.15) is 5.10 Å². The highest BCUT2D eigenvalue weighted by Crippen LogP contribution is 2.23. The van der Waals surface area contributed by atoms with Gasteiger partial charge in [-0.05, 0) is 23.8 Å². The largest absolute Gasteiger partial charge is 0.291 e. The van der Waals surface area contributed by atoms with Crippen LogP contribution in [0, 0.1) is 0 Å². The fraction of sp³-hybridized carbons (Fsp3) is 0.0400. The molecule has 0 aliphatic rings. The number of nitrogens with zero attached hydrogens (tertiary/aromatic N) is 5. The zero-order valence-electron chi connectivity index (χ0n) is 17.2. The summed E-state index contributed by atoms with van der Waals surface area (Å²) in [6.45, 7) is 0.645. The van der Waals surface area contributed by atoms with Gasteiger partial charge in [0.15, 0.2) is 5.65 Å². The third kappa shape index (κ3) is 4.17. The van der Waals surface area contributed by atoms with E-state index in [0.717, 1.165) is 22.4 Å². The molecule has 0 bridgehead atoms. The molecule has 1 amide bonds. The number of pyridine rings is 1. The summed E-state index contributed by atoms with van der Waals surface area (Å²) in [5.41, 5.74) is 4.48. The number of nitrogens with one attached hydrogen (secondary N) is 1. The second kappa shape index (κ2) is 8.69. The number of carbonyl (C=O) groups excluding carboxylic acids is 1. The van der Waals surface area contributed by atoms with Crippen molar-refractivity contribution in [3.8, 4) is 11.3 Å². The Labute approximate surface area is 184 Å². The number of aromatic nitrogens is 5. The first kappa shape index (κ1) is 19.4. The van der Waals surface area contributed by atoms with Crippen LogP contribution in [-0.2, 0) is 11.3 Å². The van der Waals surface area contributed by atoms with Crippen molar-refractivity contribution in [2.45, 2.75) is 6.54 Å². The highest BCUT2D eigenvalue weighted by molar-refractivity contribution is 6.01. The minimum atomic E-state index is -0.294. The molecule has 0 saturated heterocycles. The van der Waals surface area contributed by atoms with Crippen LogP contribution in [0.25, 0.3) is 23.0 Å². The molecule has 5 rings (SSSR count). The minimum absolute atomic E-state index is 0.294. The summed E-state index contributed by atoms with van der Waals surface area (Å²) >= 11 is 0. The fourth-order valence-corrected chi connectivity index (χ4v) is 3.47. The molecule has 3 heterocycles. The quantitative estimate of drug-likeness (QED) is 0.416. The number of hydrogen-bond donors (Lipinski definition) is 1. The number of amides is 1. The van der Waals surface area contributed by atoms with Gasteiger partial charge in [0, 0.05) is 29.6 Å². The minimum Gasteiger partial charge on any atom is -0.291 e. The Hall–Kier alpha value is -4.52. The Bertz CT molecular complexity index is 1390. The van der Waals surface area contributed by atoms with Crippen molar-refractivity contribution in [1.29, 1.82) is 0 Å². The molecule has 156 valence electrons. The van der Waals surface area contributed by atoms with Crippen molar-refractivity contribution < 1.29 is 4.79 Å². The molecule has 0 spiro atoms. The number of benzene rings is 2. The summed E-state index contributed by atoms with van der Waals surface area (Å²) in [7, 11) is 0. The Morgan fingerprint density at radius 3 is 2.47 bits per heavy atom. The highest BCUT2D eigenvalue weighted by Gasteiger charge is 2.11. The molecule has 0 unspecified atom stereocenters. The molecule has 1 N–H and O–H groups in total. The molecule has 0 fully saturated rings. The van der Waals surface area contributed by atoms with Crippen LogP contribution in [-0.4, -0.2) is 30.3 Å². The predicted octanol–water partition coefficient (Wildman–Crippen LogP) is 4.29. The number of fused-ring (bicyclic) bond motifs is 1. The first-order valence-corrected chi connectivity index (χ1v) is 10.2. The van der Waals surface area contributed by atoms with Crippen LogP contribution >= 0.6 is 0 Å². The Kier molecular flexibility index (Phi) is 5.28. The van der Waals surface area contributed by atoms with E-state index in [0.29, 0.717) is 18.1 Å². The standard InChI is InChI=1S/C25H20N6O/c32-23(26-25-28-27-22-13-7-8-16-31(22)25)15-14-21-18-30(17-19-9-3-1-4-10-19)29-24(21)20-11-5-2-6-12-20/h1-16,18H,17H2,(H,26,28,32)/b15-14+. The average molecular weight is 420 g/mol. The van der Waals surface area contributed by atoms with Crippen LogP contribution in [0.5, 0.6) is 0 Å². The second-order valence-corrected chi connectivity index (χ2v) is 7.26. The lowest BCUT2D eigenvalue weighted by molar-refractivity contribution is -0.111. The Morgan fingerprint density at radius 2 is 1.66 bits per heavy atom. The van der Waals surface area contributed by atoms with Crippen LogP contribution in [0.1, 0.15) is 11.1 Å². The summed E-state index contributed by atoms with van der Waals surface area (Å²) in [5, 5.41) is 15.6. The van der Waals surface area contributed by atoms with Crippen molar-refractivity contribution in [2.24, 2.45) is 0 Å². The van der Waals surface area contributed by atoms with Crippen LogP contribution in [0.4, 0.5) is 5.95 Å². The lowest BCUT2D eigenvalue weighted by Gasteiger charge is -2.01. The molecule has 0 radical (unpaired) electrons. The maximum absolute atomic E-state index is 12.6. The summed E-state index contributed by atoms with van der Waals surface area (Å²) in [6, 6.07) is 25.6. The van der Waals surface area contributed by atoms with Gasteiger partial charge in [0.1, 0.15) is 0 Å². The molecule has 2 aromatic carbocycles. The summed E-state index contributed by atoms with van der Waals surface area (Å²) in [5.74, 6) is 0.0799. The van der Waals surface area contributed by atoms with Crippen molar-refractivity contribution >= 4 is 23.6 Å². The van der Waals surface area contributed by atoms with E-state index in [1.54, 1.807) is 16.7 Å². The topological polar surface area (TPSA) is 77.1 Å². The highest BCUT2D eigenvalue weighted by atomic mass is 16.1. The van der Waals surface area contributed by atoms with Gasteiger partial charge in [0.05, 0.1) is 12.2 Å². The molecule has 3 aromatic heterocycles. The lowest BCUT2D eigenvalue weighted by Crippen LogP contribution is -2.10. The summed E-state index contributed by atoms with van der Waals surface area (Å²) in [6.07, 6.45) is 7.01. The number of rotatable bonds is 6. The van der Waals surface area contributed by atoms with Crippen LogP contribution in [0.2, 0.25) is 0 Å². The molecule has 5 aromatic rings. The second-order valence-electron chi connectivity index (χ2n) is 7.26. The zero-order valence-corrected chi connectivity index (χ0v) is 17.2. The van der Waals surface area contributed by atoms with E-state index in [1.165, 1.54) is 6.08 Å². The molecule has 0 aliphatic carbocycles. The Balaban J connectivity index is 1.41. The number of carbonyl (C=O) groups is 1. The monoisotopic (exact) mass is 420 g/mol. The number of anilines is 1. The molecule has 0 aliphatic heterocycles. The van der Waals surface area contributed by atoms with Gasteiger partial charge in [-0.1, -0.05) is 66.7 Å². The van der Waals surface area contributed by atoms with Crippen molar-refractivity contribution in [1.82, 2.24) is 24.4 Å². The maximum atomic E-state index is 12.6. The molecule has 32 heavy (non-hydrogen) atoms. The van der Waals surface area contributed by atoms with E-state index in [1.807, 2.05) is 77.6 Å². The molecular weight excluding hydrogens is 400 g/mol. The Morgan fingerprint density at radius 1 is 0.906 bits per heavy atom. The van der Waals surface area contributed by atoms with E-state index < -0.39 is 0 Å². The van der Waals surface area contributed by atoms with Gasteiger partial charge in [0.25, 0.3) is 5.91 Å². The normalized spacial score (nSPS) is 11.2. The van der Waals surface area contributed by atoms with Gasteiger partial charge in [-0.3, -0.25) is 19.2 Å². The van der Waals surface area contributed by atoms with E-state index in [-0.39, 0.29) is 5.91 Å². The smallest absolute Gasteiger partial charge is 0.250 e. The molecule has 0 atom stereocenters. The van der Waals surface area contributed by atoms with E-state index in [2.05, 4.69) is 27.6 Å². The van der Waals surface area contributed by atoms with Crippen molar-refractivity contribution in [3.05, 3.63) is 108 Å². The van der Waals surface area contributed by atoms with Crippen molar-refractivity contribution in [3.63, 3.8) is 0 Å².